The van der Waals surface area contributed by atoms with Crippen LogP contribution in [0.2, 0.25) is 5.02 Å². The van der Waals surface area contributed by atoms with Crippen LogP contribution in [0.4, 0.5) is 0 Å². The molecule has 148 valence electrons. The van der Waals surface area contributed by atoms with Crippen LogP contribution in [0, 0.1) is 23.2 Å². The van der Waals surface area contributed by atoms with Gasteiger partial charge in [0.1, 0.15) is 0 Å². The molecule has 0 N–H and O–H groups in total. The predicted octanol–water partition coefficient (Wildman–Crippen LogP) is 7.29. The average molecular weight is 403 g/mol. The van der Waals surface area contributed by atoms with Crippen LogP contribution < -0.4 is 0 Å². The first-order valence-electron chi connectivity index (χ1n) is 10.5. The van der Waals surface area contributed by atoms with Crippen LogP contribution in [0.3, 0.4) is 0 Å². The van der Waals surface area contributed by atoms with E-state index in [2.05, 4.69) is 62.4 Å². The van der Waals surface area contributed by atoms with E-state index in [0.717, 1.165) is 29.3 Å². The standard InChI is InChI=1S/C26H27ClN2/c1-17-23(12-7-13-28)26(20-10-6-11-22(27)14-20)24(18(2)29-17)15-21-16-25(21)19-8-4-3-5-9-19/h3-6,8-11,14,21,23,25-26H,7,12,15-16H2,1-2H3. The van der Waals surface area contributed by atoms with Crippen LogP contribution >= 0.6 is 11.6 Å². The molecule has 3 heteroatoms. The topological polar surface area (TPSA) is 36.1 Å². The van der Waals surface area contributed by atoms with Gasteiger partial charge in [-0.15, -0.1) is 0 Å². The van der Waals surface area contributed by atoms with Crippen molar-refractivity contribution in [2.24, 2.45) is 16.8 Å². The lowest BCUT2D eigenvalue weighted by Crippen LogP contribution is -2.26. The molecule has 4 rings (SSSR count). The maximum atomic E-state index is 9.20. The van der Waals surface area contributed by atoms with Crippen molar-refractivity contribution < 1.29 is 0 Å². The lowest BCUT2D eigenvalue weighted by molar-refractivity contribution is 0.517. The van der Waals surface area contributed by atoms with E-state index in [-0.39, 0.29) is 11.8 Å². The Balaban J connectivity index is 1.65. The SMILES string of the molecule is CC1=NC(C)=C(CC2CC2c2ccccc2)C(c2cccc(Cl)c2)C1CCC#N. The first kappa shape index (κ1) is 19.9. The van der Waals surface area contributed by atoms with E-state index in [1.165, 1.54) is 23.1 Å². The molecule has 1 aliphatic carbocycles. The van der Waals surface area contributed by atoms with Gasteiger partial charge in [-0.25, -0.2) is 0 Å². The zero-order chi connectivity index (χ0) is 20.4. The normalized spacial score (nSPS) is 26.1. The number of hydrogen-bond acceptors (Lipinski definition) is 2. The molecule has 4 unspecified atom stereocenters. The number of rotatable bonds is 6. The molecule has 1 heterocycles. The van der Waals surface area contributed by atoms with Crippen LogP contribution in [-0.2, 0) is 0 Å². The smallest absolute Gasteiger partial charge is 0.0621 e. The largest absolute Gasteiger partial charge is 0.263 e. The second kappa shape index (κ2) is 8.56. The van der Waals surface area contributed by atoms with Gasteiger partial charge in [-0.05, 0) is 73.8 Å². The Kier molecular flexibility index (Phi) is 5.88. The Labute approximate surface area is 178 Å². The Morgan fingerprint density at radius 1 is 1.07 bits per heavy atom. The van der Waals surface area contributed by atoms with E-state index >= 15 is 0 Å². The van der Waals surface area contributed by atoms with Gasteiger partial charge in [-0.2, -0.15) is 5.26 Å². The van der Waals surface area contributed by atoms with Crippen molar-refractivity contribution >= 4 is 17.3 Å². The van der Waals surface area contributed by atoms with Crippen LogP contribution in [0.25, 0.3) is 0 Å². The van der Waals surface area contributed by atoms with E-state index in [0.29, 0.717) is 18.3 Å². The maximum Gasteiger partial charge on any atom is 0.0621 e. The highest BCUT2D eigenvalue weighted by Gasteiger charge is 2.42. The highest BCUT2D eigenvalue weighted by atomic mass is 35.5. The van der Waals surface area contributed by atoms with Gasteiger partial charge in [0.05, 0.1) is 6.07 Å². The number of nitrogens with zero attached hydrogens (tertiary/aromatic N) is 2. The molecular formula is C26H27ClN2. The summed E-state index contributed by atoms with van der Waals surface area (Å²) in [6.45, 7) is 4.26. The van der Waals surface area contributed by atoms with E-state index in [1.807, 2.05) is 12.1 Å². The van der Waals surface area contributed by atoms with Gasteiger partial charge in [0, 0.05) is 34.7 Å². The molecule has 4 atom stereocenters. The molecule has 0 spiro atoms. The van der Waals surface area contributed by atoms with Crippen molar-refractivity contribution in [2.75, 3.05) is 0 Å². The quantitative estimate of drug-likeness (QED) is 0.499. The third kappa shape index (κ3) is 4.31. The van der Waals surface area contributed by atoms with Crippen LogP contribution in [-0.4, -0.2) is 5.71 Å². The molecule has 0 radical (unpaired) electrons. The second-order valence-electron chi connectivity index (χ2n) is 8.42. The molecule has 2 aliphatic rings. The van der Waals surface area contributed by atoms with Crippen LogP contribution in [0.5, 0.6) is 0 Å². The van der Waals surface area contributed by atoms with Crippen molar-refractivity contribution in [2.45, 2.75) is 51.4 Å². The number of aliphatic imine (C=N–C) groups is 1. The molecular weight excluding hydrogens is 376 g/mol. The molecule has 2 nitrogen and oxygen atoms in total. The second-order valence-corrected chi connectivity index (χ2v) is 8.85. The Bertz CT molecular complexity index is 983. The van der Waals surface area contributed by atoms with E-state index in [1.54, 1.807) is 0 Å². The Morgan fingerprint density at radius 2 is 1.83 bits per heavy atom. The molecule has 1 fully saturated rings. The fourth-order valence-corrected chi connectivity index (χ4v) is 5.20. The van der Waals surface area contributed by atoms with Gasteiger partial charge < -0.3 is 0 Å². The monoisotopic (exact) mass is 402 g/mol. The third-order valence-corrected chi connectivity index (χ3v) is 6.77. The number of nitriles is 1. The van der Waals surface area contributed by atoms with Crippen molar-refractivity contribution in [1.82, 2.24) is 0 Å². The van der Waals surface area contributed by atoms with Crippen molar-refractivity contribution in [3.05, 3.63) is 82.0 Å². The number of hydrogen-bond donors (Lipinski definition) is 0. The lowest BCUT2D eigenvalue weighted by atomic mass is 9.72. The summed E-state index contributed by atoms with van der Waals surface area (Å²) in [7, 11) is 0. The van der Waals surface area contributed by atoms with Gasteiger partial charge in [0.15, 0.2) is 0 Å². The highest BCUT2D eigenvalue weighted by Crippen LogP contribution is 2.54. The maximum absolute atomic E-state index is 9.20. The summed E-state index contributed by atoms with van der Waals surface area (Å²) in [6, 6.07) is 21.4. The van der Waals surface area contributed by atoms with Gasteiger partial charge in [0.2, 0.25) is 0 Å². The summed E-state index contributed by atoms with van der Waals surface area (Å²) in [5, 5.41) is 9.97. The molecule has 2 aromatic rings. The molecule has 0 aromatic heterocycles. The van der Waals surface area contributed by atoms with Gasteiger partial charge in [0.25, 0.3) is 0 Å². The summed E-state index contributed by atoms with van der Waals surface area (Å²) in [5.41, 5.74) is 6.43. The molecule has 2 aromatic carbocycles. The fraction of sp³-hybridized carbons (Fsp3) is 0.385. The first-order valence-corrected chi connectivity index (χ1v) is 10.9. The number of allylic oxidation sites excluding steroid dienone is 2. The molecule has 0 saturated heterocycles. The summed E-state index contributed by atoms with van der Waals surface area (Å²) >= 11 is 6.36. The molecule has 0 amide bonds. The molecule has 0 bridgehead atoms. The van der Waals surface area contributed by atoms with Crippen molar-refractivity contribution in [1.29, 1.82) is 5.26 Å². The van der Waals surface area contributed by atoms with Crippen LogP contribution in [0.15, 0.2) is 70.9 Å². The molecule has 1 saturated carbocycles. The average Bonchev–Trinajstić information content (AvgIpc) is 3.49. The van der Waals surface area contributed by atoms with Crippen LogP contribution in [0.1, 0.15) is 62.5 Å². The summed E-state index contributed by atoms with van der Waals surface area (Å²) < 4.78 is 0. The predicted molar refractivity (Wildman–Crippen MR) is 120 cm³/mol. The molecule has 29 heavy (non-hydrogen) atoms. The Hall–Kier alpha value is -2.37. The zero-order valence-electron chi connectivity index (χ0n) is 17.1. The third-order valence-electron chi connectivity index (χ3n) is 6.53. The fourth-order valence-electron chi connectivity index (χ4n) is 5.00. The summed E-state index contributed by atoms with van der Waals surface area (Å²) in [5.74, 6) is 1.85. The minimum absolute atomic E-state index is 0.261. The van der Waals surface area contributed by atoms with Gasteiger partial charge in [-0.3, -0.25) is 4.99 Å². The van der Waals surface area contributed by atoms with E-state index in [4.69, 9.17) is 16.6 Å². The van der Waals surface area contributed by atoms with Gasteiger partial charge >= 0.3 is 0 Å². The van der Waals surface area contributed by atoms with E-state index < -0.39 is 0 Å². The minimum atomic E-state index is 0.261. The van der Waals surface area contributed by atoms with Crippen molar-refractivity contribution in [3.8, 4) is 6.07 Å². The number of benzene rings is 2. The minimum Gasteiger partial charge on any atom is -0.263 e. The number of halogens is 1. The molecule has 1 aliphatic heterocycles. The Morgan fingerprint density at radius 3 is 2.55 bits per heavy atom. The van der Waals surface area contributed by atoms with Gasteiger partial charge in [-0.1, -0.05) is 54.1 Å². The van der Waals surface area contributed by atoms with Crippen molar-refractivity contribution in [3.63, 3.8) is 0 Å². The lowest BCUT2D eigenvalue weighted by Gasteiger charge is -2.34. The highest BCUT2D eigenvalue weighted by molar-refractivity contribution is 6.30. The summed E-state index contributed by atoms with van der Waals surface area (Å²) in [6.07, 6.45) is 3.71. The first-order chi connectivity index (χ1) is 14.1. The summed E-state index contributed by atoms with van der Waals surface area (Å²) in [4.78, 5) is 4.93. The zero-order valence-corrected chi connectivity index (χ0v) is 17.9. The van der Waals surface area contributed by atoms with E-state index in [9.17, 15) is 5.26 Å².